The molecule has 0 saturated carbocycles. The molecule has 0 spiro atoms. The molecule has 0 radical (unpaired) electrons. The van der Waals surface area contributed by atoms with Crippen LogP contribution in [0.2, 0.25) is 0 Å². The second-order valence-corrected chi connectivity index (χ2v) is 7.63. The summed E-state index contributed by atoms with van der Waals surface area (Å²) in [5.74, 6) is 2.55. The van der Waals surface area contributed by atoms with Crippen LogP contribution in [0.25, 0.3) is 17.2 Å². The van der Waals surface area contributed by atoms with Gasteiger partial charge in [-0.15, -0.1) is 0 Å². The highest BCUT2D eigenvalue weighted by Gasteiger charge is 2.43. The highest BCUT2D eigenvalue weighted by molar-refractivity contribution is 6.75. The van der Waals surface area contributed by atoms with E-state index in [1.54, 1.807) is 18.6 Å². The van der Waals surface area contributed by atoms with Crippen molar-refractivity contribution in [1.29, 1.82) is 0 Å². The molecule has 2 aliphatic rings. The zero-order chi connectivity index (χ0) is 20.2. The highest BCUT2D eigenvalue weighted by atomic mass is 16.4. The third-order valence-electron chi connectivity index (χ3n) is 5.80. The lowest BCUT2D eigenvalue weighted by Crippen LogP contribution is -2.54. The van der Waals surface area contributed by atoms with Gasteiger partial charge in [-0.2, -0.15) is 0 Å². The fraction of sp³-hybridized carbons (Fsp3) is 0.136. The van der Waals surface area contributed by atoms with Crippen LogP contribution in [0, 0.1) is 0 Å². The van der Waals surface area contributed by atoms with Crippen LogP contribution in [0.4, 0.5) is 23.2 Å². The first-order chi connectivity index (χ1) is 14.7. The van der Waals surface area contributed by atoms with E-state index in [0.29, 0.717) is 12.4 Å². The predicted octanol–water partition coefficient (Wildman–Crippen LogP) is 4.11. The molecule has 7 nitrogen and oxygen atoms in total. The third kappa shape index (κ3) is 2.36. The minimum absolute atomic E-state index is 0.0396. The van der Waals surface area contributed by atoms with Gasteiger partial charge in [0, 0.05) is 35.2 Å². The van der Waals surface area contributed by atoms with Gasteiger partial charge in [-0.3, -0.25) is 0 Å². The van der Waals surface area contributed by atoms with Crippen LogP contribution >= 0.6 is 0 Å². The van der Waals surface area contributed by atoms with Gasteiger partial charge in [-0.05, 0) is 38.2 Å². The van der Waals surface area contributed by atoms with Crippen LogP contribution < -0.4 is 14.5 Å². The molecule has 2 aliphatic heterocycles. The number of allylic oxidation sites excluding steroid dienone is 1. The van der Waals surface area contributed by atoms with Gasteiger partial charge in [-0.1, -0.05) is 29.7 Å². The van der Waals surface area contributed by atoms with E-state index < -0.39 is 0 Å². The predicted molar refractivity (Wildman–Crippen MR) is 120 cm³/mol. The largest absolute Gasteiger partial charge is 0.423 e. The second kappa shape index (κ2) is 6.35. The summed E-state index contributed by atoms with van der Waals surface area (Å²) in [7, 11) is 2.06. The minimum Gasteiger partial charge on any atom is -0.423 e. The molecular weight excluding hydrogens is 375 g/mol. The van der Waals surface area contributed by atoms with Gasteiger partial charge in [-0.25, -0.2) is 15.0 Å². The lowest BCUT2D eigenvalue weighted by Gasteiger charge is -2.36. The number of hydrogen-bond donors (Lipinski definition) is 0. The number of furan rings is 1. The summed E-state index contributed by atoms with van der Waals surface area (Å²) in [5.41, 5.74) is 4.04. The zero-order valence-corrected chi connectivity index (χ0v) is 16.7. The Hall–Kier alpha value is -3.81. The molecule has 0 saturated heterocycles. The molecule has 0 aliphatic carbocycles. The molecular formula is C22H19BN6O. The first-order valence-corrected chi connectivity index (χ1v) is 9.91. The monoisotopic (exact) mass is 394 g/mol. The molecule has 0 N–H and O–H groups in total. The van der Waals surface area contributed by atoms with Crippen molar-refractivity contribution < 1.29 is 4.42 Å². The van der Waals surface area contributed by atoms with Crippen molar-refractivity contribution >= 4 is 47.4 Å². The number of anilines is 4. The van der Waals surface area contributed by atoms with Gasteiger partial charge in [0.2, 0.25) is 5.71 Å². The maximum Gasteiger partial charge on any atom is 0.411 e. The first kappa shape index (κ1) is 17.1. The highest BCUT2D eigenvalue weighted by Crippen LogP contribution is 2.43. The SMILES string of the molecule is CC1=Cc2c(oc3ncccc23)N(C)B1N1CN(c2ccccc2)c2nccnc21. The standard InChI is InChI=1S/C22H19BN6O/c1-15-13-18-17-9-6-10-26-21(17)30-22(18)27(2)23(15)29-14-28(16-7-4-3-5-8-16)19-20(29)25-12-11-24-19/h3-13H,14H2,1-2H3. The minimum atomic E-state index is -0.0396. The van der Waals surface area contributed by atoms with E-state index in [1.165, 1.54) is 5.47 Å². The Labute approximate surface area is 174 Å². The van der Waals surface area contributed by atoms with Gasteiger partial charge in [0.1, 0.15) is 0 Å². The van der Waals surface area contributed by atoms with Crippen LogP contribution in [-0.2, 0) is 0 Å². The second-order valence-electron chi connectivity index (χ2n) is 7.63. The van der Waals surface area contributed by atoms with Crippen LogP contribution in [0.15, 0.2) is 70.9 Å². The fourth-order valence-electron chi connectivity index (χ4n) is 4.52. The molecule has 3 aromatic heterocycles. The Morgan fingerprint density at radius 1 is 0.933 bits per heavy atom. The van der Waals surface area contributed by atoms with E-state index in [-0.39, 0.29) is 6.98 Å². The van der Waals surface area contributed by atoms with Gasteiger partial charge in [0.25, 0.3) is 0 Å². The van der Waals surface area contributed by atoms with Crippen LogP contribution in [0.1, 0.15) is 12.5 Å². The molecule has 0 amide bonds. The molecule has 6 rings (SSSR count). The Kier molecular flexibility index (Phi) is 3.62. The average molecular weight is 394 g/mol. The van der Waals surface area contributed by atoms with Crippen molar-refractivity contribution in [2.24, 2.45) is 0 Å². The molecule has 8 heteroatoms. The molecule has 5 heterocycles. The quantitative estimate of drug-likeness (QED) is 0.474. The van der Waals surface area contributed by atoms with Crippen molar-refractivity contribution in [2.75, 3.05) is 28.2 Å². The van der Waals surface area contributed by atoms with Gasteiger partial charge < -0.3 is 18.9 Å². The summed E-state index contributed by atoms with van der Waals surface area (Å²) in [6.07, 6.45) is 7.46. The maximum atomic E-state index is 6.13. The van der Waals surface area contributed by atoms with Crippen molar-refractivity contribution in [3.63, 3.8) is 0 Å². The van der Waals surface area contributed by atoms with Crippen molar-refractivity contribution in [1.82, 2.24) is 15.0 Å². The number of benzene rings is 1. The van der Waals surface area contributed by atoms with E-state index >= 15 is 0 Å². The van der Waals surface area contributed by atoms with E-state index in [2.05, 4.69) is 67.7 Å². The summed E-state index contributed by atoms with van der Waals surface area (Å²) < 4.78 is 6.13. The van der Waals surface area contributed by atoms with E-state index in [9.17, 15) is 0 Å². The lowest BCUT2D eigenvalue weighted by molar-refractivity contribution is 0.606. The lowest BCUT2D eigenvalue weighted by atomic mass is 9.62. The molecule has 0 unspecified atom stereocenters. The molecule has 1 aromatic carbocycles. The van der Waals surface area contributed by atoms with Crippen molar-refractivity contribution in [3.05, 3.63) is 72.1 Å². The summed E-state index contributed by atoms with van der Waals surface area (Å²) in [4.78, 5) is 20.3. The molecule has 146 valence electrons. The molecule has 0 atom stereocenters. The van der Waals surface area contributed by atoms with Crippen LogP contribution in [0.5, 0.6) is 0 Å². The van der Waals surface area contributed by atoms with E-state index in [0.717, 1.165) is 34.2 Å². The van der Waals surface area contributed by atoms with E-state index in [1.807, 2.05) is 24.3 Å². The average Bonchev–Trinajstić information content (AvgIpc) is 3.34. The molecule has 0 fully saturated rings. The number of para-hydroxylation sites is 1. The number of hydrogen-bond acceptors (Lipinski definition) is 7. The Morgan fingerprint density at radius 3 is 2.57 bits per heavy atom. The van der Waals surface area contributed by atoms with Gasteiger partial charge in [0.15, 0.2) is 17.5 Å². The summed E-state index contributed by atoms with van der Waals surface area (Å²) in [6, 6.07) is 14.3. The number of nitrogens with zero attached hydrogens (tertiary/aromatic N) is 6. The Balaban J connectivity index is 1.45. The first-order valence-electron chi connectivity index (χ1n) is 9.91. The fourth-order valence-corrected chi connectivity index (χ4v) is 4.52. The molecule has 30 heavy (non-hydrogen) atoms. The van der Waals surface area contributed by atoms with E-state index in [4.69, 9.17) is 4.42 Å². The summed E-state index contributed by atoms with van der Waals surface area (Å²) >= 11 is 0. The van der Waals surface area contributed by atoms with Gasteiger partial charge in [0.05, 0.1) is 6.67 Å². The Morgan fingerprint density at radius 2 is 1.73 bits per heavy atom. The Bertz CT molecular complexity index is 1290. The van der Waals surface area contributed by atoms with Gasteiger partial charge >= 0.3 is 6.98 Å². The number of fused-ring (bicyclic) bond motifs is 4. The summed E-state index contributed by atoms with van der Waals surface area (Å²) in [6.45, 7) is 2.76. The number of rotatable bonds is 2. The normalized spacial score (nSPS) is 15.5. The van der Waals surface area contributed by atoms with Crippen molar-refractivity contribution in [2.45, 2.75) is 6.92 Å². The molecule has 0 bridgehead atoms. The van der Waals surface area contributed by atoms with Crippen LogP contribution in [-0.4, -0.2) is 35.7 Å². The zero-order valence-electron chi connectivity index (χ0n) is 16.7. The van der Waals surface area contributed by atoms with Crippen LogP contribution in [0.3, 0.4) is 0 Å². The maximum absolute atomic E-state index is 6.13. The van der Waals surface area contributed by atoms with Crippen molar-refractivity contribution in [3.8, 4) is 0 Å². The third-order valence-corrected chi connectivity index (χ3v) is 5.80. The smallest absolute Gasteiger partial charge is 0.411 e. The number of aromatic nitrogens is 3. The molecule has 4 aromatic rings. The summed E-state index contributed by atoms with van der Waals surface area (Å²) in [5, 5.41) is 1.03. The number of pyridine rings is 1. The topological polar surface area (TPSA) is 61.5 Å².